The summed E-state index contributed by atoms with van der Waals surface area (Å²) in [5.74, 6) is -0.405. The van der Waals surface area contributed by atoms with Gasteiger partial charge in [-0.3, -0.25) is 4.79 Å². The van der Waals surface area contributed by atoms with Gasteiger partial charge in [0.15, 0.2) is 0 Å². The molecule has 0 unspecified atom stereocenters. The summed E-state index contributed by atoms with van der Waals surface area (Å²) in [5, 5.41) is 5.53. The summed E-state index contributed by atoms with van der Waals surface area (Å²) in [6.07, 6.45) is 2.73. The van der Waals surface area contributed by atoms with Crippen LogP contribution in [0, 0.1) is 5.82 Å². The molecule has 1 aromatic heterocycles. The Kier molecular flexibility index (Phi) is 3.82. The molecule has 0 atom stereocenters. The number of aromatic nitrogens is 1. The lowest BCUT2D eigenvalue weighted by atomic mass is 10.2. The molecule has 2 rings (SSSR count). The SMILES string of the molecule is O=C(CCc1nccs1)Nc1ccc(F)cc1. The first-order chi connectivity index (χ1) is 8.24. The molecule has 0 radical (unpaired) electrons. The van der Waals surface area contributed by atoms with Crippen LogP contribution < -0.4 is 5.32 Å². The normalized spacial score (nSPS) is 10.2. The van der Waals surface area contributed by atoms with E-state index in [-0.39, 0.29) is 11.7 Å². The van der Waals surface area contributed by atoms with Crippen molar-refractivity contribution in [2.75, 3.05) is 5.32 Å². The zero-order chi connectivity index (χ0) is 12.1. The molecule has 0 aliphatic heterocycles. The third-order valence-corrected chi connectivity index (χ3v) is 3.02. The van der Waals surface area contributed by atoms with E-state index in [1.807, 2.05) is 5.38 Å². The van der Waals surface area contributed by atoms with Crippen LogP contribution in [0.15, 0.2) is 35.8 Å². The summed E-state index contributed by atoms with van der Waals surface area (Å²) in [7, 11) is 0. The van der Waals surface area contributed by atoms with E-state index < -0.39 is 0 Å². The molecule has 0 aliphatic rings. The summed E-state index contributed by atoms with van der Waals surface area (Å²) in [6.45, 7) is 0. The summed E-state index contributed by atoms with van der Waals surface area (Å²) < 4.78 is 12.6. The van der Waals surface area contributed by atoms with Crippen LogP contribution in [0.4, 0.5) is 10.1 Å². The maximum absolute atomic E-state index is 12.6. The zero-order valence-electron chi connectivity index (χ0n) is 9.02. The van der Waals surface area contributed by atoms with E-state index in [1.54, 1.807) is 6.20 Å². The van der Waals surface area contributed by atoms with Crippen LogP contribution in [0.1, 0.15) is 11.4 Å². The number of amides is 1. The van der Waals surface area contributed by atoms with Crippen LogP contribution in [-0.4, -0.2) is 10.9 Å². The molecule has 1 N–H and O–H groups in total. The minimum atomic E-state index is -0.314. The number of aryl methyl sites for hydroxylation is 1. The van der Waals surface area contributed by atoms with Crippen molar-refractivity contribution in [3.05, 3.63) is 46.7 Å². The minimum Gasteiger partial charge on any atom is -0.326 e. The van der Waals surface area contributed by atoms with Gasteiger partial charge in [-0.1, -0.05) is 0 Å². The fourth-order valence-electron chi connectivity index (χ4n) is 1.35. The number of benzene rings is 1. The Morgan fingerprint density at radius 3 is 2.76 bits per heavy atom. The lowest BCUT2D eigenvalue weighted by Crippen LogP contribution is -2.12. The van der Waals surface area contributed by atoms with E-state index >= 15 is 0 Å². The van der Waals surface area contributed by atoms with Crippen molar-refractivity contribution in [3.8, 4) is 0 Å². The lowest BCUT2D eigenvalue weighted by molar-refractivity contribution is -0.116. The lowest BCUT2D eigenvalue weighted by Gasteiger charge is -2.03. The van der Waals surface area contributed by atoms with Gasteiger partial charge in [-0.25, -0.2) is 9.37 Å². The van der Waals surface area contributed by atoms with Gasteiger partial charge in [-0.2, -0.15) is 0 Å². The van der Waals surface area contributed by atoms with Gasteiger partial charge < -0.3 is 5.32 Å². The van der Waals surface area contributed by atoms with Crippen molar-refractivity contribution in [2.45, 2.75) is 12.8 Å². The highest BCUT2D eigenvalue weighted by atomic mass is 32.1. The number of nitrogens with one attached hydrogen (secondary N) is 1. The molecule has 0 fully saturated rings. The summed E-state index contributed by atoms with van der Waals surface area (Å²) >= 11 is 1.53. The Bertz CT molecular complexity index is 482. The monoisotopic (exact) mass is 250 g/mol. The molecule has 0 saturated heterocycles. The molecular formula is C12H11FN2OS. The molecule has 0 aliphatic carbocycles. The Hall–Kier alpha value is -1.75. The summed E-state index contributed by atoms with van der Waals surface area (Å²) in [5.41, 5.74) is 0.607. The first kappa shape index (κ1) is 11.7. The van der Waals surface area contributed by atoms with E-state index in [0.29, 0.717) is 18.5 Å². The predicted octanol–water partition coefficient (Wildman–Crippen LogP) is 2.85. The van der Waals surface area contributed by atoms with E-state index in [9.17, 15) is 9.18 Å². The molecular weight excluding hydrogens is 239 g/mol. The fraction of sp³-hybridized carbons (Fsp3) is 0.167. The molecule has 0 saturated carbocycles. The number of carbonyl (C=O) groups is 1. The third-order valence-electron chi connectivity index (χ3n) is 2.18. The van der Waals surface area contributed by atoms with Crippen LogP contribution in [0.25, 0.3) is 0 Å². The standard InChI is InChI=1S/C12H11FN2OS/c13-9-1-3-10(4-2-9)15-11(16)5-6-12-14-7-8-17-12/h1-4,7-8H,5-6H2,(H,15,16). The molecule has 3 nitrogen and oxygen atoms in total. The second-order valence-electron chi connectivity index (χ2n) is 3.48. The highest BCUT2D eigenvalue weighted by molar-refractivity contribution is 7.09. The smallest absolute Gasteiger partial charge is 0.224 e. The molecule has 5 heteroatoms. The van der Waals surface area contributed by atoms with Crippen molar-refractivity contribution in [1.29, 1.82) is 0 Å². The van der Waals surface area contributed by atoms with Gasteiger partial charge in [-0.15, -0.1) is 11.3 Å². The average Bonchev–Trinajstić information content (AvgIpc) is 2.83. The molecule has 2 aromatic rings. The molecule has 17 heavy (non-hydrogen) atoms. The first-order valence-electron chi connectivity index (χ1n) is 5.18. The van der Waals surface area contributed by atoms with Crippen molar-refractivity contribution >= 4 is 22.9 Å². The number of rotatable bonds is 4. The first-order valence-corrected chi connectivity index (χ1v) is 6.06. The van der Waals surface area contributed by atoms with E-state index in [4.69, 9.17) is 0 Å². The number of hydrogen-bond donors (Lipinski definition) is 1. The van der Waals surface area contributed by atoms with Crippen LogP contribution in [0.2, 0.25) is 0 Å². The number of hydrogen-bond acceptors (Lipinski definition) is 3. The van der Waals surface area contributed by atoms with Gasteiger partial charge in [-0.05, 0) is 24.3 Å². The molecule has 1 aromatic carbocycles. The van der Waals surface area contributed by atoms with Crippen molar-refractivity contribution in [1.82, 2.24) is 4.98 Å². The molecule has 1 amide bonds. The topological polar surface area (TPSA) is 42.0 Å². The van der Waals surface area contributed by atoms with Gasteiger partial charge in [0.2, 0.25) is 5.91 Å². The molecule has 0 spiro atoms. The number of thiazole rings is 1. The maximum Gasteiger partial charge on any atom is 0.224 e. The van der Waals surface area contributed by atoms with E-state index in [1.165, 1.54) is 35.6 Å². The highest BCUT2D eigenvalue weighted by Gasteiger charge is 2.04. The van der Waals surface area contributed by atoms with E-state index in [2.05, 4.69) is 10.3 Å². The quantitative estimate of drug-likeness (QED) is 0.906. The largest absolute Gasteiger partial charge is 0.326 e. The molecule has 1 heterocycles. The van der Waals surface area contributed by atoms with Crippen LogP contribution in [0.3, 0.4) is 0 Å². The van der Waals surface area contributed by atoms with Gasteiger partial charge in [0.05, 0.1) is 5.01 Å². The molecule has 0 bridgehead atoms. The average molecular weight is 250 g/mol. The van der Waals surface area contributed by atoms with Gasteiger partial charge in [0, 0.05) is 30.1 Å². The number of halogens is 1. The Morgan fingerprint density at radius 1 is 1.35 bits per heavy atom. The van der Waals surface area contributed by atoms with Crippen molar-refractivity contribution < 1.29 is 9.18 Å². The van der Waals surface area contributed by atoms with Gasteiger partial charge >= 0.3 is 0 Å². The minimum absolute atomic E-state index is 0.0909. The molecule has 88 valence electrons. The summed E-state index contributed by atoms with van der Waals surface area (Å²) in [4.78, 5) is 15.7. The number of nitrogens with zero attached hydrogens (tertiary/aromatic N) is 1. The van der Waals surface area contributed by atoms with Crippen molar-refractivity contribution in [3.63, 3.8) is 0 Å². The Morgan fingerprint density at radius 2 is 2.12 bits per heavy atom. The third kappa shape index (κ3) is 3.64. The predicted molar refractivity (Wildman–Crippen MR) is 65.5 cm³/mol. The van der Waals surface area contributed by atoms with E-state index in [0.717, 1.165) is 5.01 Å². The Balaban J connectivity index is 1.83. The number of carbonyl (C=O) groups excluding carboxylic acids is 1. The van der Waals surface area contributed by atoms with Crippen molar-refractivity contribution in [2.24, 2.45) is 0 Å². The summed E-state index contributed by atoms with van der Waals surface area (Å²) in [6, 6.07) is 5.71. The number of anilines is 1. The zero-order valence-corrected chi connectivity index (χ0v) is 9.84. The van der Waals surface area contributed by atoms with Gasteiger partial charge in [0.25, 0.3) is 0 Å². The van der Waals surface area contributed by atoms with Gasteiger partial charge in [0.1, 0.15) is 5.82 Å². The van der Waals surface area contributed by atoms with Crippen LogP contribution in [0.5, 0.6) is 0 Å². The maximum atomic E-state index is 12.6. The highest BCUT2D eigenvalue weighted by Crippen LogP contribution is 2.10. The van der Waals surface area contributed by atoms with Crippen LogP contribution in [-0.2, 0) is 11.2 Å². The second kappa shape index (κ2) is 5.54. The fourth-order valence-corrected chi connectivity index (χ4v) is 1.97. The Labute approximate surface area is 102 Å². The second-order valence-corrected chi connectivity index (χ2v) is 4.46. The van der Waals surface area contributed by atoms with Crippen LogP contribution >= 0.6 is 11.3 Å².